The minimum Gasteiger partial charge on any atom is -0.475 e. The van der Waals surface area contributed by atoms with Crippen molar-refractivity contribution in [1.29, 1.82) is 0 Å². The van der Waals surface area contributed by atoms with E-state index in [0.29, 0.717) is 6.61 Å². The zero-order chi connectivity index (χ0) is 34.8. The number of likely N-dealkylation sites (N-methyl/N-ethyl adjacent to an activating group) is 2. The van der Waals surface area contributed by atoms with E-state index in [2.05, 4.69) is 26.9 Å². The van der Waals surface area contributed by atoms with Gasteiger partial charge >= 0.3 is 36.4 Å². The molecule has 2 saturated heterocycles. The third-order valence-corrected chi connectivity index (χ3v) is 5.43. The van der Waals surface area contributed by atoms with E-state index in [4.69, 9.17) is 34.4 Å². The average Bonchev–Trinajstić information content (AvgIpc) is 2.82. The summed E-state index contributed by atoms with van der Waals surface area (Å²) in [5.74, 6) is -8.16. The fourth-order valence-electron chi connectivity index (χ4n) is 3.54. The highest BCUT2D eigenvalue weighted by atomic mass is 19.4. The number of ether oxygens (including phenoxy) is 1. The molecule has 0 bridgehead atoms. The molecule has 2 aliphatic rings. The molecule has 0 saturated carbocycles. The van der Waals surface area contributed by atoms with E-state index in [1.54, 1.807) is 19.0 Å². The Bertz CT molecular complexity index is 1080. The molecule has 21 heteroatoms. The van der Waals surface area contributed by atoms with Crippen LogP contribution in [-0.4, -0.2) is 136 Å². The summed E-state index contributed by atoms with van der Waals surface area (Å²) in [4.78, 5) is 49.5. The van der Waals surface area contributed by atoms with Crippen LogP contribution in [0, 0.1) is 6.92 Å². The predicted octanol–water partition coefficient (Wildman–Crippen LogP) is 2.26. The zero-order valence-electron chi connectivity index (χ0n) is 23.4. The van der Waals surface area contributed by atoms with Crippen molar-refractivity contribution < 1.29 is 78.7 Å². The Hall–Kier alpha value is -3.72. The number of aliphatic carboxylic acids is 3. The van der Waals surface area contributed by atoms with Gasteiger partial charge in [-0.25, -0.2) is 14.4 Å². The summed E-state index contributed by atoms with van der Waals surface area (Å²) in [6.45, 7) is 5.95. The van der Waals surface area contributed by atoms with E-state index in [1.165, 1.54) is 0 Å². The normalized spacial score (nSPS) is 18.2. The van der Waals surface area contributed by atoms with Crippen LogP contribution in [-0.2, 0) is 30.5 Å². The monoisotopic (exact) mass is 660 g/mol. The van der Waals surface area contributed by atoms with Gasteiger partial charge in [-0.2, -0.15) is 39.5 Å². The number of pyridine rings is 1. The van der Waals surface area contributed by atoms with Gasteiger partial charge in [-0.1, -0.05) is 6.07 Å². The maximum absolute atomic E-state index is 12.1. The number of nitrogens with zero attached hydrogens (tertiary/aromatic N) is 4. The molecule has 1 spiro atoms. The predicted molar refractivity (Wildman–Crippen MR) is 129 cm³/mol. The SMILES string of the molecule is Cc1cccc(CN2CC3(C2)CN(C)C(C(=O)N(C)C)CO3)n1.O=C(O)C(F)(F)F.O=C(O)C(F)(F)F.O=C(O)C(F)(F)F. The number of rotatable bonds is 3. The van der Waals surface area contributed by atoms with Crippen LogP contribution >= 0.6 is 0 Å². The van der Waals surface area contributed by atoms with E-state index in [9.17, 15) is 44.3 Å². The molecule has 12 nitrogen and oxygen atoms in total. The highest BCUT2D eigenvalue weighted by Crippen LogP contribution is 2.31. The van der Waals surface area contributed by atoms with Gasteiger partial charge in [0.05, 0.1) is 12.3 Å². The number of carboxylic acids is 3. The molecule has 2 aliphatic heterocycles. The lowest BCUT2D eigenvalue weighted by Gasteiger charge is -2.55. The maximum atomic E-state index is 12.1. The van der Waals surface area contributed by atoms with E-state index in [-0.39, 0.29) is 17.6 Å². The number of likely N-dealkylation sites (tertiary alicyclic amines) is 1. The van der Waals surface area contributed by atoms with Gasteiger partial charge in [0.15, 0.2) is 0 Å². The molecule has 3 heterocycles. The zero-order valence-corrected chi connectivity index (χ0v) is 23.4. The fourth-order valence-corrected chi connectivity index (χ4v) is 3.54. The lowest BCUT2D eigenvalue weighted by atomic mass is 9.90. The van der Waals surface area contributed by atoms with Crippen molar-refractivity contribution in [3.05, 3.63) is 29.6 Å². The van der Waals surface area contributed by atoms with Crippen molar-refractivity contribution in [2.75, 3.05) is 47.4 Å². The van der Waals surface area contributed by atoms with Crippen LogP contribution in [0.4, 0.5) is 39.5 Å². The van der Waals surface area contributed by atoms with Crippen molar-refractivity contribution in [1.82, 2.24) is 19.7 Å². The standard InChI is InChI=1S/C17H26N4O2.3C2HF3O2/c1-13-6-5-7-14(18-13)8-21-11-17(12-21)10-20(4)15(9-23-17)16(22)19(2)3;3*3-2(4,5)1(6)7/h5-7,15H,8-12H2,1-4H3;3*(H,6,7). The van der Waals surface area contributed by atoms with E-state index >= 15 is 0 Å². The van der Waals surface area contributed by atoms with Gasteiger partial charge in [0.1, 0.15) is 11.6 Å². The first kappa shape index (κ1) is 40.3. The first-order chi connectivity index (χ1) is 19.7. The molecule has 1 amide bonds. The van der Waals surface area contributed by atoms with Gasteiger partial charge in [0.25, 0.3) is 0 Å². The third-order valence-electron chi connectivity index (χ3n) is 5.43. The van der Waals surface area contributed by atoms with Crippen LogP contribution < -0.4 is 0 Å². The molecule has 3 N–H and O–H groups in total. The summed E-state index contributed by atoms with van der Waals surface area (Å²) >= 11 is 0. The van der Waals surface area contributed by atoms with E-state index < -0.39 is 36.4 Å². The van der Waals surface area contributed by atoms with Gasteiger partial charge in [-0.15, -0.1) is 0 Å². The van der Waals surface area contributed by atoms with Crippen LogP contribution in [0.25, 0.3) is 0 Å². The number of carbonyl (C=O) groups is 4. The molecule has 1 unspecified atom stereocenters. The number of hydrogen-bond acceptors (Lipinski definition) is 8. The smallest absolute Gasteiger partial charge is 0.475 e. The van der Waals surface area contributed by atoms with Crippen LogP contribution in [0.2, 0.25) is 0 Å². The molecule has 3 rings (SSSR count). The summed E-state index contributed by atoms with van der Waals surface area (Å²) in [6, 6.07) is 5.97. The summed E-state index contributed by atoms with van der Waals surface area (Å²) < 4.78 is 101. The molecule has 1 aromatic rings. The lowest BCUT2D eigenvalue weighted by molar-refractivity contribution is -0.201. The van der Waals surface area contributed by atoms with Crippen LogP contribution in [0.3, 0.4) is 0 Å². The highest BCUT2D eigenvalue weighted by Gasteiger charge is 2.49. The number of morpholine rings is 1. The van der Waals surface area contributed by atoms with Crippen molar-refractivity contribution in [2.24, 2.45) is 0 Å². The van der Waals surface area contributed by atoms with E-state index in [0.717, 1.165) is 37.6 Å². The Balaban J connectivity index is 0.000000721. The maximum Gasteiger partial charge on any atom is 0.490 e. The summed E-state index contributed by atoms with van der Waals surface area (Å²) in [5.41, 5.74) is 2.03. The molecule has 1 atom stereocenters. The average molecular weight is 660 g/mol. The fraction of sp³-hybridized carbons (Fsp3) is 0.609. The number of hydrogen-bond donors (Lipinski definition) is 3. The number of carboxylic acid groups (broad SMARTS) is 3. The Morgan fingerprint density at radius 1 is 0.886 bits per heavy atom. The second-order valence-electron chi connectivity index (χ2n) is 9.48. The van der Waals surface area contributed by atoms with Crippen molar-refractivity contribution in [3.63, 3.8) is 0 Å². The summed E-state index contributed by atoms with van der Waals surface area (Å²) in [7, 11) is 5.60. The molecular weight excluding hydrogens is 631 g/mol. The van der Waals surface area contributed by atoms with Crippen molar-refractivity contribution in [3.8, 4) is 0 Å². The molecular formula is C23H29F9N4O8. The summed E-state index contributed by atoms with van der Waals surface area (Å²) in [6.07, 6.45) is -15.3. The van der Waals surface area contributed by atoms with Crippen LogP contribution in [0.15, 0.2) is 18.2 Å². The third kappa shape index (κ3) is 14.2. The lowest BCUT2D eigenvalue weighted by Crippen LogP contribution is -2.72. The number of aryl methyl sites for hydroxylation is 1. The second-order valence-corrected chi connectivity index (χ2v) is 9.48. The quantitative estimate of drug-likeness (QED) is 0.408. The topological polar surface area (TPSA) is 161 Å². The molecule has 1 aromatic heterocycles. The van der Waals surface area contributed by atoms with Crippen molar-refractivity contribution in [2.45, 2.75) is 43.6 Å². The minimum atomic E-state index is -5.08. The minimum absolute atomic E-state index is 0.113. The Kier molecular flexibility index (Phi) is 14.5. The van der Waals surface area contributed by atoms with Crippen molar-refractivity contribution >= 4 is 23.8 Å². The van der Waals surface area contributed by atoms with Gasteiger partial charge in [0.2, 0.25) is 5.91 Å². The largest absolute Gasteiger partial charge is 0.490 e. The number of halogens is 9. The van der Waals surface area contributed by atoms with Gasteiger partial charge in [-0.3, -0.25) is 19.6 Å². The van der Waals surface area contributed by atoms with E-state index in [1.807, 2.05) is 20.0 Å². The van der Waals surface area contributed by atoms with Crippen LogP contribution in [0.1, 0.15) is 11.4 Å². The highest BCUT2D eigenvalue weighted by molar-refractivity contribution is 5.81. The molecule has 0 aliphatic carbocycles. The van der Waals surface area contributed by atoms with Gasteiger partial charge in [0, 0.05) is 46.0 Å². The summed E-state index contributed by atoms with van der Waals surface area (Å²) in [5, 5.41) is 21.4. The molecule has 44 heavy (non-hydrogen) atoms. The first-order valence-electron chi connectivity index (χ1n) is 11.8. The number of aromatic nitrogens is 1. The Morgan fingerprint density at radius 3 is 1.61 bits per heavy atom. The molecule has 2 fully saturated rings. The number of carbonyl (C=O) groups excluding carboxylic acids is 1. The van der Waals surface area contributed by atoms with Gasteiger partial charge in [-0.05, 0) is 26.1 Å². The molecule has 0 aromatic carbocycles. The molecule has 0 radical (unpaired) electrons. The first-order valence-corrected chi connectivity index (χ1v) is 11.8. The van der Waals surface area contributed by atoms with Gasteiger partial charge < -0.3 is 25.0 Å². The number of amides is 1. The van der Waals surface area contributed by atoms with Crippen LogP contribution in [0.5, 0.6) is 0 Å². The number of alkyl halides is 9. The Morgan fingerprint density at radius 2 is 1.30 bits per heavy atom. The second kappa shape index (κ2) is 15.8. The molecule has 252 valence electrons. The Labute approximate surface area is 243 Å².